The van der Waals surface area contributed by atoms with E-state index in [1.165, 1.54) is 0 Å². The van der Waals surface area contributed by atoms with Gasteiger partial charge in [-0.05, 0) is 60.5 Å². The van der Waals surface area contributed by atoms with E-state index >= 15 is 0 Å². The Hall–Kier alpha value is -3.97. The van der Waals surface area contributed by atoms with Gasteiger partial charge in [-0.1, -0.05) is 35.9 Å². The number of carbonyl (C=O) groups is 2. The van der Waals surface area contributed by atoms with Crippen LogP contribution in [0.25, 0.3) is 6.08 Å². The molecule has 0 saturated heterocycles. The lowest BCUT2D eigenvalue weighted by Gasteiger charge is -2.20. The summed E-state index contributed by atoms with van der Waals surface area (Å²) in [5, 5.41) is 6.14. The molecule has 2 amide bonds. The number of hydrogen-bond donors (Lipinski definition) is 2. The van der Waals surface area contributed by atoms with Gasteiger partial charge in [0.2, 0.25) is 0 Å². The molecule has 0 spiro atoms. The quantitative estimate of drug-likeness (QED) is 0.464. The van der Waals surface area contributed by atoms with E-state index in [4.69, 9.17) is 25.8 Å². The lowest BCUT2D eigenvalue weighted by Crippen LogP contribution is -2.25. The number of carbonyl (C=O) groups excluding carboxylic acids is 2. The van der Waals surface area contributed by atoms with E-state index in [1.54, 1.807) is 49.6 Å². The maximum atomic E-state index is 12.7. The molecule has 0 aromatic heterocycles. The molecule has 0 unspecified atom stereocenters. The van der Waals surface area contributed by atoms with E-state index < -0.39 is 5.91 Å². The first kappa shape index (κ1) is 23.2. The van der Waals surface area contributed by atoms with Crippen LogP contribution in [0.5, 0.6) is 17.2 Å². The number of hydrogen-bond acceptors (Lipinski definition) is 5. The molecular weight excluding hydrogens is 456 g/mol. The standard InChI is InChI=1S/C26H23ClN2O5/c1-3-33-22-10-8-16(12-23(22)32-2)15-28-25(30)18-9-11-21-20(13-18)29-26(31)24(34-21)14-17-6-4-5-7-19(17)27/h4-14H,3,15H2,1-2H3,(H,28,30)(H,29,31)/b24-14-. The molecule has 3 aromatic carbocycles. The normalized spacial score (nSPS) is 13.5. The number of rotatable bonds is 7. The van der Waals surface area contributed by atoms with Gasteiger partial charge >= 0.3 is 0 Å². The fourth-order valence-electron chi connectivity index (χ4n) is 3.42. The van der Waals surface area contributed by atoms with Gasteiger partial charge in [0, 0.05) is 17.1 Å². The number of methoxy groups -OCH3 is 1. The minimum Gasteiger partial charge on any atom is -0.493 e. The molecule has 0 radical (unpaired) electrons. The van der Waals surface area contributed by atoms with E-state index in [0.29, 0.717) is 52.2 Å². The Morgan fingerprint density at radius 3 is 2.71 bits per heavy atom. The third-order valence-electron chi connectivity index (χ3n) is 5.11. The second-order valence-electron chi connectivity index (χ2n) is 7.40. The molecule has 2 N–H and O–H groups in total. The molecule has 7 nitrogen and oxygen atoms in total. The van der Waals surface area contributed by atoms with Crippen LogP contribution in [0.2, 0.25) is 5.02 Å². The number of amides is 2. The van der Waals surface area contributed by atoms with Gasteiger partial charge in [-0.25, -0.2) is 0 Å². The average Bonchev–Trinajstić information content (AvgIpc) is 2.84. The predicted molar refractivity (Wildman–Crippen MR) is 130 cm³/mol. The van der Waals surface area contributed by atoms with E-state index in [2.05, 4.69) is 10.6 Å². The first-order valence-corrected chi connectivity index (χ1v) is 11.0. The zero-order valence-electron chi connectivity index (χ0n) is 18.7. The molecule has 0 atom stereocenters. The molecule has 0 aliphatic carbocycles. The Balaban J connectivity index is 1.45. The lowest BCUT2D eigenvalue weighted by atomic mass is 10.1. The smallest absolute Gasteiger partial charge is 0.291 e. The van der Waals surface area contributed by atoms with Crippen molar-refractivity contribution in [1.29, 1.82) is 0 Å². The summed E-state index contributed by atoms with van der Waals surface area (Å²) in [4.78, 5) is 25.2. The Kier molecular flexibility index (Phi) is 7.04. The summed E-state index contributed by atoms with van der Waals surface area (Å²) in [5.74, 6) is 1.08. The summed E-state index contributed by atoms with van der Waals surface area (Å²) in [6.45, 7) is 2.73. The molecule has 8 heteroatoms. The summed E-state index contributed by atoms with van der Waals surface area (Å²) in [6.07, 6.45) is 1.58. The van der Waals surface area contributed by atoms with Gasteiger partial charge in [0.15, 0.2) is 23.0 Å². The van der Waals surface area contributed by atoms with Gasteiger partial charge in [0.25, 0.3) is 11.8 Å². The maximum absolute atomic E-state index is 12.7. The summed E-state index contributed by atoms with van der Waals surface area (Å²) in [5.41, 5.74) is 2.33. The SMILES string of the molecule is CCOc1ccc(CNC(=O)c2ccc3c(c2)NC(=O)/C(=C/c2ccccc2Cl)O3)cc1OC. The van der Waals surface area contributed by atoms with Crippen LogP contribution >= 0.6 is 11.6 Å². The Bertz CT molecular complexity index is 1270. The van der Waals surface area contributed by atoms with Crippen molar-refractivity contribution in [3.8, 4) is 17.2 Å². The molecule has 174 valence electrons. The van der Waals surface area contributed by atoms with Crippen LogP contribution in [-0.2, 0) is 11.3 Å². The summed E-state index contributed by atoms with van der Waals surface area (Å²) in [7, 11) is 1.57. The molecular formula is C26H23ClN2O5. The number of nitrogens with one attached hydrogen (secondary N) is 2. The zero-order chi connectivity index (χ0) is 24.1. The fraction of sp³-hybridized carbons (Fsp3) is 0.154. The van der Waals surface area contributed by atoms with Crippen LogP contribution < -0.4 is 24.8 Å². The van der Waals surface area contributed by atoms with E-state index in [0.717, 1.165) is 5.56 Å². The largest absolute Gasteiger partial charge is 0.493 e. The van der Waals surface area contributed by atoms with Crippen molar-refractivity contribution in [2.45, 2.75) is 13.5 Å². The molecule has 1 aliphatic heterocycles. The van der Waals surface area contributed by atoms with Crippen LogP contribution in [-0.4, -0.2) is 25.5 Å². The number of benzene rings is 3. The molecule has 1 heterocycles. The third kappa shape index (κ3) is 5.15. The first-order chi connectivity index (χ1) is 16.5. The van der Waals surface area contributed by atoms with Crippen LogP contribution in [0, 0.1) is 0 Å². The van der Waals surface area contributed by atoms with E-state index in [1.807, 2.05) is 31.2 Å². The molecule has 0 fully saturated rings. The van der Waals surface area contributed by atoms with Gasteiger partial charge in [-0.3, -0.25) is 9.59 Å². The van der Waals surface area contributed by atoms with Crippen LogP contribution in [0.15, 0.2) is 66.4 Å². The zero-order valence-corrected chi connectivity index (χ0v) is 19.4. The van der Waals surface area contributed by atoms with Crippen molar-refractivity contribution in [1.82, 2.24) is 5.32 Å². The van der Waals surface area contributed by atoms with Gasteiger partial charge in [0.05, 0.1) is 19.4 Å². The number of halogens is 1. The molecule has 3 aromatic rings. The average molecular weight is 479 g/mol. The van der Waals surface area contributed by atoms with Crippen molar-refractivity contribution in [2.75, 3.05) is 19.0 Å². The van der Waals surface area contributed by atoms with Gasteiger partial charge < -0.3 is 24.8 Å². The first-order valence-electron chi connectivity index (χ1n) is 10.7. The maximum Gasteiger partial charge on any atom is 0.291 e. The van der Waals surface area contributed by atoms with Crippen LogP contribution in [0.3, 0.4) is 0 Å². The highest BCUT2D eigenvalue weighted by Crippen LogP contribution is 2.33. The Morgan fingerprint density at radius 1 is 1.12 bits per heavy atom. The lowest BCUT2D eigenvalue weighted by molar-refractivity contribution is -0.115. The second kappa shape index (κ2) is 10.3. The van der Waals surface area contributed by atoms with Crippen molar-refractivity contribution in [3.05, 3.63) is 88.1 Å². The van der Waals surface area contributed by atoms with Crippen molar-refractivity contribution < 1.29 is 23.8 Å². The highest BCUT2D eigenvalue weighted by molar-refractivity contribution is 6.32. The van der Waals surface area contributed by atoms with Crippen molar-refractivity contribution >= 4 is 35.2 Å². The Labute approximate surface area is 202 Å². The van der Waals surface area contributed by atoms with E-state index in [-0.39, 0.29) is 11.7 Å². The molecule has 1 aliphatic rings. The van der Waals surface area contributed by atoms with Gasteiger partial charge in [-0.2, -0.15) is 0 Å². The highest BCUT2D eigenvalue weighted by atomic mass is 35.5. The van der Waals surface area contributed by atoms with Gasteiger partial charge in [0.1, 0.15) is 0 Å². The van der Waals surface area contributed by atoms with Crippen LogP contribution in [0.1, 0.15) is 28.4 Å². The third-order valence-corrected chi connectivity index (χ3v) is 5.45. The summed E-state index contributed by atoms with van der Waals surface area (Å²) >= 11 is 6.17. The molecule has 0 saturated carbocycles. The minimum absolute atomic E-state index is 0.113. The molecule has 34 heavy (non-hydrogen) atoms. The number of anilines is 1. The highest BCUT2D eigenvalue weighted by Gasteiger charge is 2.23. The fourth-order valence-corrected chi connectivity index (χ4v) is 3.61. The number of fused-ring (bicyclic) bond motifs is 1. The molecule has 4 rings (SSSR count). The minimum atomic E-state index is -0.425. The number of ether oxygens (including phenoxy) is 3. The topological polar surface area (TPSA) is 85.9 Å². The van der Waals surface area contributed by atoms with Gasteiger partial charge in [-0.15, -0.1) is 0 Å². The van der Waals surface area contributed by atoms with Crippen molar-refractivity contribution in [2.24, 2.45) is 0 Å². The van der Waals surface area contributed by atoms with Crippen molar-refractivity contribution in [3.63, 3.8) is 0 Å². The van der Waals surface area contributed by atoms with Crippen LogP contribution in [0.4, 0.5) is 5.69 Å². The molecule has 0 bridgehead atoms. The Morgan fingerprint density at radius 2 is 1.94 bits per heavy atom. The summed E-state index contributed by atoms with van der Waals surface area (Å²) in [6, 6.07) is 17.5. The monoisotopic (exact) mass is 478 g/mol. The second-order valence-corrected chi connectivity index (χ2v) is 7.81. The summed E-state index contributed by atoms with van der Waals surface area (Å²) < 4.78 is 16.6. The van der Waals surface area contributed by atoms with E-state index in [9.17, 15) is 9.59 Å². The predicted octanol–water partition coefficient (Wildman–Crippen LogP) is 5.05.